The third-order valence-corrected chi connectivity index (χ3v) is 9.29. The maximum absolute atomic E-state index is 2.57. The molecule has 0 fully saturated rings. The zero-order chi connectivity index (χ0) is 26.7. The van der Waals surface area contributed by atoms with Gasteiger partial charge in [-0.25, -0.2) is 0 Å². The SMILES string of the molecule is c1ccc2c(Cn3c4ccccc4c4c5c6cccc7c8ccccc8n(c76)c5c5ccccc5c43)cccc2c1. The molecule has 3 heterocycles. The third kappa shape index (κ3) is 2.63. The number of benzene rings is 7. The molecule has 0 saturated carbocycles. The summed E-state index contributed by atoms with van der Waals surface area (Å²) in [6.45, 7) is 0.813. The predicted octanol–water partition coefficient (Wildman–Crippen LogP) is 10.3. The van der Waals surface area contributed by atoms with E-state index >= 15 is 0 Å². The Bertz CT molecular complexity index is 2660. The molecule has 0 atom stereocenters. The number of hydrogen-bond donors (Lipinski definition) is 0. The van der Waals surface area contributed by atoms with Crippen LogP contribution in [0.5, 0.6) is 0 Å². The van der Waals surface area contributed by atoms with Crippen LogP contribution in [0.3, 0.4) is 0 Å². The van der Waals surface area contributed by atoms with Crippen molar-refractivity contribution in [3.8, 4) is 0 Å². The Hall–Kier alpha value is -5.34. The van der Waals surface area contributed by atoms with Gasteiger partial charge in [-0.1, -0.05) is 121 Å². The van der Waals surface area contributed by atoms with E-state index < -0.39 is 0 Å². The van der Waals surface area contributed by atoms with Crippen molar-refractivity contribution in [2.24, 2.45) is 0 Å². The molecule has 2 heteroatoms. The van der Waals surface area contributed by atoms with E-state index in [0.29, 0.717) is 0 Å². The molecule has 10 rings (SSSR count). The zero-order valence-corrected chi connectivity index (χ0v) is 22.3. The summed E-state index contributed by atoms with van der Waals surface area (Å²) >= 11 is 0. The van der Waals surface area contributed by atoms with E-state index in [-0.39, 0.29) is 0 Å². The lowest BCUT2D eigenvalue weighted by Crippen LogP contribution is -2.01. The Labute approximate surface area is 235 Å². The Morgan fingerprint density at radius 2 is 0.902 bits per heavy atom. The van der Waals surface area contributed by atoms with E-state index in [9.17, 15) is 0 Å². The predicted molar refractivity (Wildman–Crippen MR) is 175 cm³/mol. The van der Waals surface area contributed by atoms with Gasteiger partial charge in [0.2, 0.25) is 0 Å². The summed E-state index contributed by atoms with van der Waals surface area (Å²) in [7, 11) is 0. The molecule has 7 aromatic carbocycles. The summed E-state index contributed by atoms with van der Waals surface area (Å²) in [5.74, 6) is 0. The van der Waals surface area contributed by atoms with Gasteiger partial charge in [-0.3, -0.25) is 0 Å². The maximum atomic E-state index is 2.57. The molecule has 0 aliphatic carbocycles. The average molecular weight is 521 g/mol. The van der Waals surface area contributed by atoms with Gasteiger partial charge in [0.05, 0.1) is 22.1 Å². The summed E-state index contributed by atoms with van der Waals surface area (Å²) in [6, 6.07) is 49.2. The first kappa shape index (κ1) is 21.5. The number of para-hydroxylation sites is 3. The Morgan fingerprint density at radius 3 is 1.76 bits per heavy atom. The fourth-order valence-electron chi connectivity index (χ4n) is 7.70. The zero-order valence-electron chi connectivity index (χ0n) is 22.3. The highest BCUT2D eigenvalue weighted by atomic mass is 15.0. The molecule has 0 radical (unpaired) electrons. The van der Waals surface area contributed by atoms with Crippen molar-refractivity contribution in [3.05, 3.63) is 139 Å². The van der Waals surface area contributed by atoms with Crippen LogP contribution in [0.15, 0.2) is 133 Å². The van der Waals surface area contributed by atoms with Crippen LogP contribution in [0, 0.1) is 0 Å². The monoisotopic (exact) mass is 520 g/mol. The van der Waals surface area contributed by atoms with Crippen LogP contribution in [0.25, 0.3) is 81.4 Å². The van der Waals surface area contributed by atoms with Gasteiger partial charge in [-0.2, -0.15) is 0 Å². The quantitative estimate of drug-likeness (QED) is 0.214. The first-order valence-electron chi connectivity index (χ1n) is 14.3. The van der Waals surface area contributed by atoms with E-state index in [2.05, 4.69) is 142 Å². The second-order valence-electron chi connectivity index (χ2n) is 11.3. The molecule has 10 aromatic rings. The van der Waals surface area contributed by atoms with Crippen LogP contribution < -0.4 is 0 Å². The second-order valence-corrected chi connectivity index (χ2v) is 11.3. The molecule has 0 spiro atoms. The van der Waals surface area contributed by atoms with E-state index in [0.717, 1.165) is 6.54 Å². The van der Waals surface area contributed by atoms with Crippen LogP contribution in [-0.2, 0) is 6.54 Å². The molecule has 0 amide bonds. The Morgan fingerprint density at radius 1 is 0.366 bits per heavy atom. The van der Waals surface area contributed by atoms with Gasteiger partial charge in [0.25, 0.3) is 0 Å². The average Bonchev–Trinajstić information content (AvgIpc) is 3.67. The third-order valence-electron chi connectivity index (χ3n) is 9.29. The number of fused-ring (bicyclic) bond motifs is 14. The lowest BCUT2D eigenvalue weighted by Gasteiger charge is -2.13. The minimum Gasteiger partial charge on any atom is -0.335 e. The van der Waals surface area contributed by atoms with Gasteiger partial charge < -0.3 is 8.97 Å². The number of rotatable bonds is 2. The smallest absolute Gasteiger partial charge is 0.0627 e. The molecule has 2 nitrogen and oxygen atoms in total. The van der Waals surface area contributed by atoms with Gasteiger partial charge in [-0.15, -0.1) is 0 Å². The van der Waals surface area contributed by atoms with Crippen LogP contribution in [-0.4, -0.2) is 8.97 Å². The van der Waals surface area contributed by atoms with Crippen LogP contribution in [0.1, 0.15) is 5.56 Å². The number of nitrogens with zero attached hydrogens (tertiary/aromatic N) is 2. The lowest BCUT2D eigenvalue weighted by molar-refractivity contribution is 0.879. The van der Waals surface area contributed by atoms with E-state index in [1.165, 1.54) is 87.0 Å². The van der Waals surface area contributed by atoms with Gasteiger partial charge in [0.15, 0.2) is 0 Å². The summed E-state index contributed by atoms with van der Waals surface area (Å²) in [6.07, 6.45) is 0. The topological polar surface area (TPSA) is 9.34 Å². The Kier molecular flexibility index (Phi) is 4.01. The minimum absolute atomic E-state index is 0.813. The molecule has 0 unspecified atom stereocenters. The van der Waals surface area contributed by atoms with Crippen molar-refractivity contribution in [2.45, 2.75) is 6.54 Å². The van der Waals surface area contributed by atoms with Crippen molar-refractivity contribution < 1.29 is 0 Å². The van der Waals surface area contributed by atoms with Gasteiger partial charge in [-0.05, 0) is 28.5 Å². The maximum Gasteiger partial charge on any atom is 0.0627 e. The highest BCUT2D eigenvalue weighted by Gasteiger charge is 2.25. The van der Waals surface area contributed by atoms with Crippen molar-refractivity contribution in [1.82, 2.24) is 8.97 Å². The first-order chi connectivity index (χ1) is 20.4. The molecular formula is C39H24N2. The van der Waals surface area contributed by atoms with Gasteiger partial charge in [0.1, 0.15) is 0 Å². The van der Waals surface area contributed by atoms with Gasteiger partial charge in [0, 0.05) is 55.2 Å². The minimum atomic E-state index is 0.813. The summed E-state index contributed by atoms with van der Waals surface area (Å²) < 4.78 is 5.11. The van der Waals surface area contributed by atoms with Crippen LogP contribution in [0.2, 0.25) is 0 Å². The highest BCUT2D eigenvalue weighted by molar-refractivity contribution is 6.39. The number of aromatic nitrogens is 2. The Balaban J connectivity index is 1.47. The summed E-state index contributed by atoms with van der Waals surface area (Å²) in [5, 5.41) is 13.2. The van der Waals surface area contributed by atoms with Crippen molar-refractivity contribution in [3.63, 3.8) is 0 Å². The summed E-state index contributed by atoms with van der Waals surface area (Å²) in [5.41, 5.74) is 7.86. The normalized spacial score (nSPS) is 12.5. The summed E-state index contributed by atoms with van der Waals surface area (Å²) in [4.78, 5) is 0. The van der Waals surface area contributed by atoms with Crippen LogP contribution in [0.4, 0.5) is 0 Å². The molecule has 0 N–H and O–H groups in total. The molecule has 190 valence electrons. The molecule has 0 saturated heterocycles. The molecule has 0 aliphatic heterocycles. The van der Waals surface area contributed by atoms with Crippen molar-refractivity contribution >= 4 is 81.4 Å². The van der Waals surface area contributed by atoms with E-state index in [1.807, 2.05) is 0 Å². The lowest BCUT2D eigenvalue weighted by atomic mass is 9.98. The largest absolute Gasteiger partial charge is 0.335 e. The number of hydrogen-bond acceptors (Lipinski definition) is 0. The van der Waals surface area contributed by atoms with E-state index in [1.54, 1.807) is 0 Å². The van der Waals surface area contributed by atoms with Crippen LogP contribution >= 0.6 is 0 Å². The molecule has 0 bridgehead atoms. The molecular weight excluding hydrogens is 496 g/mol. The van der Waals surface area contributed by atoms with E-state index in [4.69, 9.17) is 0 Å². The molecule has 41 heavy (non-hydrogen) atoms. The molecule has 0 aliphatic rings. The fraction of sp³-hybridized carbons (Fsp3) is 0.0256. The fourth-order valence-corrected chi connectivity index (χ4v) is 7.70. The van der Waals surface area contributed by atoms with Gasteiger partial charge >= 0.3 is 0 Å². The standard InChI is InChI=1S/C39H24N2/c1-2-14-26-24(11-1)12-9-13-25(26)23-40-33-21-7-6-18-31(33)35-36-32-20-10-19-28-27-15-5-8-22-34(27)41(37(28)32)39(36)30-17-4-3-16-29(30)38(35)40/h1-22H,23H2. The van der Waals surface area contributed by atoms with Crippen molar-refractivity contribution in [2.75, 3.05) is 0 Å². The first-order valence-corrected chi connectivity index (χ1v) is 14.3. The highest BCUT2D eigenvalue weighted by Crippen LogP contribution is 2.48. The molecule has 3 aromatic heterocycles. The second kappa shape index (κ2) is 7.65. The van der Waals surface area contributed by atoms with Crippen molar-refractivity contribution in [1.29, 1.82) is 0 Å².